The Morgan fingerprint density at radius 2 is 2.28 bits per heavy atom. The van der Waals surface area contributed by atoms with Crippen LogP contribution in [0, 0.1) is 5.82 Å². The lowest BCUT2D eigenvalue weighted by Gasteiger charge is -2.40. The Morgan fingerprint density at radius 1 is 1.50 bits per heavy atom. The number of halogens is 2. The standard InChI is InChI=1S/C13H19ClFN3/c1-3-10-8-18(11(4-2)7-16-10)13-12(15)5-9(14)6-17-13/h5-6,10-11,16H,3-4,7-8H2,1-2H3. The van der Waals surface area contributed by atoms with Gasteiger partial charge >= 0.3 is 0 Å². The summed E-state index contributed by atoms with van der Waals surface area (Å²) in [7, 11) is 0. The number of hydrogen-bond acceptors (Lipinski definition) is 3. The van der Waals surface area contributed by atoms with Gasteiger partial charge in [0.15, 0.2) is 11.6 Å². The van der Waals surface area contributed by atoms with Crippen molar-refractivity contribution in [3.05, 3.63) is 23.1 Å². The van der Waals surface area contributed by atoms with Gasteiger partial charge in [0.2, 0.25) is 0 Å². The van der Waals surface area contributed by atoms with Crippen molar-refractivity contribution in [1.29, 1.82) is 0 Å². The lowest BCUT2D eigenvalue weighted by atomic mass is 10.1. The Labute approximate surface area is 112 Å². The monoisotopic (exact) mass is 271 g/mol. The van der Waals surface area contributed by atoms with Crippen molar-refractivity contribution in [3.8, 4) is 0 Å². The lowest BCUT2D eigenvalue weighted by Crippen LogP contribution is -2.56. The van der Waals surface area contributed by atoms with Crippen LogP contribution < -0.4 is 10.2 Å². The second kappa shape index (κ2) is 5.85. The maximum absolute atomic E-state index is 14.0. The first kappa shape index (κ1) is 13.6. The molecule has 18 heavy (non-hydrogen) atoms. The number of aromatic nitrogens is 1. The molecule has 1 aromatic rings. The van der Waals surface area contributed by atoms with Gasteiger partial charge in [-0.2, -0.15) is 0 Å². The van der Waals surface area contributed by atoms with E-state index in [1.807, 2.05) is 0 Å². The first-order valence-corrected chi connectivity index (χ1v) is 6.84. The normalized spacial score (nSPS) is 24.3. The van der Waals surface area contributed by atoms with E-state index < -0.39 is 0 Å². The molecule has 1 fully saturated rings. The predicted octanol–water partition coefficient (Wildman–Crippen LogP) is 2.84. The van der Waals surface area contributed by atoms with E-state index in [4.69, 9.17) is 11.6 Å². The summed E-state index contributed by atoms with van der Waals surface area (Å²) in [6.07, 6.45) is 3.50. The Morgan fingerprint density at radius 3 is 2.89 bits per heavy atom. The van der Waals surface area contributed by atoms with E-state index in [0.29, 0.717) is 16.9 Å². The number of nitrogens with one attached hydrogen (secondary N) is 1. The molecule has 0 aliphatic carbocycles. The Balaban J connectivity index is 2.26. The average Bonchev–Trinajstić information content (AvgIpc) is 2.38. The van der Waals surface area contributed by atoms with Crippen molar-refractivity contribution < 1.29 is 4.39 Å². The average molecular weight is 272 g/mol. The molecule has 2 unspecified atom stereocenters. The molecular formula is C13H19ClFN3. The molecule has 2 atom stereocenters. The van der Waals surface area contributed by atoms with Gasteiger partial charge in [0.1, 0.15) is 0 Å². The van der Waals surface area contributed by atoms with E-state index in [0.717, 1.165) is 25.9 Å². The highest BCUT2D eigenvalue weighted by atomic mass is 35.5. The molecule has 0 amide bonds. The Bertz CT molecular complexity index is 413. The SMILES string of the molecule is CCC1CN(c2ncc(Cl)cc2F)C(CC)CN1. The molecule has 0 radical (unpaired) electrons. The highest BCUT2D eigenvalue weighted by Crippen LogP contribution is 2.24. The summed E-state index contributed by atoms with van der Waals surface area (Å²) in [5, 5.41) is 3.82. The molecule has 1 aromatic heterocycles. The summed E-state index contributed by atoms with van der Waals surface area (Å²) < 4.78 is 14.0. The summed E-state index contributed by atoms with van der Waals surface area (Å²) in [4.78, 5) is 6.23. The highest BCUT2D eigenvalue weighted by molar-refractivity contribution is 6.30. The van der Waals surface area contributed by atoms with Crippen LogP contribution in [0.4, 0.5) is 10.2 Å². The van der Waals surface area contributed by atoms with E-state index in [-0.39, 0.29) is 11.9 Å². The van der Waals surface area contributed by atoms with Gasteiger partial charge in [-0.15, -0.1) is 0 Å². The van der Waals surface area contributed by atoms with Crippen LogP contribution >= 0.6 is 11.6 Å². The van der Waals surface area contributed by atoms with Crippen LogP contribution in [0.5, 0.6) is 0 Å². The van der Waals surface area contributed by atoms with Crippen LogP contribution in [0.15, 0.2) is 12.3 Å². The van der Waals surface area contributed by atoms with E-state index in [2.05, 4.69) is 29.0 Å². The van der Waals surface area contributed by atoms with Crippen LogP contribution in [-0.2, 0) is 0 Å². The van der Waals surface area contributed by atoms with Crippen LogP contribution in [0.25, 0.3) is 0 Å². The van der Waals surface area contributed by atoms with Gasteiger partial charge in [-0.1, -0.05) is 25.4 Å². The van der Waals surface area contributed by atoms with Crippen LogP contribution in [-0.4, -0.2) is 30.2 Å². The first-order valence-electron chi connectivity index (χ1n) is 6.46. The van der Waals surface area contributed by atoms with E-state index >= 15 is 0 Å². The van der Waals surface area contributed by atoms with E-state index in [1.54, 1.807) is 0 Å². The zero-order valence-electron chi connectivity index (χ0n) is 10.8. The summed E-state index contributed by atoms with van der Waals surface area (Å²) in [5.41, 5.74) is 0. The molecule has 100 valence electrons. The van der Waals surface area contributed by atoms with Crippen LogP contribution in [0.1, 0.15) is 26.7 Å². The smallest absolute Gasteiger partial charge is 0.167 e. The molecule has 2 rings (SSSR count). The molecule has 1 aliphatic heterocycles. The van der Waals surface area contributed by atoms with E-state index in [9.17, 15) is 4.39 Å². The van der Waals surface area contributed by atoms with Crippen LogP contribution in [0.2, 0.25) is 5.02 Å². The van der Waals surface area contributed by atoms with Crippen molar-refractivity contribution in [1.82, 2.24) is 10.3 Å². The molecule has 0 saturated carbocycles. The molecule has 3 nitrogen and oxygen atoms in total. The molecule has 0 spiro atoms. The molecule has 1 aliphatic rings. The quantitative estimate of drug-likeness (QED) is 0.916. The zero-order valence-corrected chi connectivity index (χ0v) is 11.5. The fourth-order valence-corrected chi connectivity index (χ4v) is 2.52. The van der Waals surface area contributed by atoms with Crippen molar-refractivity contribution >= 4 is 17.4 Å². The summed E-state index contributed by atoms with van der Waals surface area (Å²) in [6.45, 7) is 5.91. The Kier molecular flexibility index (Phi) is 4.40. The highest BCUT2D eigenvalue weighted by Gasteiger charge is 2.28. The van der Waals surface area contributed by atoms with Crippen molar-refractivity contribution in [2.45, 2.75) is 38.8 Å². The van der Waals surface area contributed by atoms with Crippen molar-refractivity contribution in [2.24, 2.45) is 0 Å². The fourth-order valence-electron chi connectivity index (χ4n) is 2.38. The number of piperazine rings is 1. The number of anilines is 1. The summed E-state index contributed by atoms with van der Waals surface area (Å²) in [5.74, 6) is 0.0869. The van der Waals surface area contributed by atoms with E-state index in [1.165, 1.54) is 12.3 Å². The van der Waals surface area contributed by atoms with Gasteiger partial charge in [0, 0.05) is 31.4 Å². The number of rotatable bonds is 3. The molecular weight excluding hydrogens is 253 g/mol. The van der Waals surface area contributed by atoms with Gasteiger partial charge in [-0.3, -0.25) is 0 Å². The van der Waals surface area contributed by atoms with Crippen molar-refractivity contribution in [2.75, 3.05) is 18.0 Å². The molecule has 0 aromatic carbocycles. The lowest BCUT2D eigenvalue weighted by molar-refractivity contribution is 0.373. The van der Waals surface area contributed by atoms with Gasteiger partial charge in [-0.05, 0) is 18.9 Å². The summed E-state index contributed by atoms with van der Waals surface area (Å²) >= 11 is 5.75. The minimum atomic E-state index is -0.335. The minimum absolute atomic E-state index is 0.288. The van der Waals surface area contributed by atoms with Gasteiger partial charge in [0.25, 0.3) is 0 Å². The third-order valence-electron chi connectivity index (χ3n) is 3.52. The molecule has 1 saturated heterocycles. The Hall–Kier alpha value is -0.870. The zero-order chi connectivity index (χ0) is 13.1. The minimum Gasteiger partial charge on any atom is -0.348 e. The largest absolute Gasteiger partial charge is 0.348 e. The molecule has 5 heteroatoms. The fraction of sp³-hybridized carbons (Fsp3) is 0.615. The maximum atomic E-state index is 14.0. The molecule has 1 N–H and O–H groups in total. The third-order valence-corrected chi connectivity index (χ3v) is 3.73. The second-order valence-corrected chi connectivity index (χ2v) is 5.12. The number of nitrogens with zero attached hydrogens (tertiary/aromatic N) is 2. The number of pyridine rings is 1. The van der Waals surface area contributed by atoms with Gasteiger partial charge in [-0.25, -0.2) is 9.37 Å². The van der Waals surface area contributed by atoms with Gasteiger partial charge < -0.3 is 10.2 Å². The van der Waals surface area contributed by atoms with Gasteiger partial charge in [0.05, 0.1) is 5.02 Å². The predicted molar refractivity (Wildman–Crippen MR) is 72.7 cm³/mol. The third kappa shape index (κ3) is 2.75. The number of hydrogen-bond donors (Lipinski definition) is 1. The second-order valence-electron chi connectivity index (χ2n) is 4.69. The summed E-state index contributed by atoms with van der Waals surface area (Å²) in [6, 6.07) is 2.01. The first-order chi connectivity index (χ1) is 8.65. The molecule has 0 bridgehead atoms. The molecule has 2 heterocycles. The topological polar surface area (TPSA) is 28.2 Å². The van der Waals surface area contributed by atoms with Crippen molar-refractivity contribution in [3.63, 3.8) is 0 Å². The maximum Gasteiger partial charge on any atom is 0.167 e. The van der Waals surface area contributed by atoms with Crippen LogP contribution in [0.3, 0.4) is 0 Å².